The number of aryl methyl sites for hydroxylation is 1. The van der Waals surface area contributed by atoms with Gasteiger partial charge in [-0.15, -0.1) is 0 Å². The highest BCUT2D eigenvalue weighted by atomic mass is 16.3. The minimum absolute atomic E-state index is 0.414. The second-order valence-electron chi connectivity index (χ2n) is 2.25. The minimum Gasteiger partial charge on any atom is -0.387 e. The molecule has 0 bridgehead atoms. The van der Waals surface area contributed by atoms with Gasteiger partial charge in [0.05, 0.1) is 11.8 Å². The average molecular weight is 140 g/mol. The Labute approximate surface area is 60.3 Å². The van der Waals surface area contributed by atoms with Gasteiger partial charge in [0.1, 0.15) is 0 Å². The molecule has 0 aromatic carbocycles. The van der Waals surface area contributed by atoms with Gasteiger partial charge in [0, 0.05) is 12.7 Å². The predicted octanol–water partition coefficient (Wildman–Crippen LogP) is 0.956. The fourth-order valence-corrected chi connectivity index (χ4v) is 0.962. The standard InChI is InChI=1S/C7H12N2O/c1-3-9-7(6(2)10)4-5-8-9/h4-6,10H,3H2,1-2H3. The van der Waals surface area contributed by atoms with Crippen molar-refractivity contribution in [2.45, 2.75) is 26.5 Å². The molecule has 0 aliphatic heterocycles. The molecule has 3 nitrogen and oxygen atoms in total. The molecule has 0 saturated carbocycles. The van der Waals surface area contributed by atoms with Crippen LogP contribution in [0.2, 0.25) is 0 Å². The molecule has 10 heavy (non-hydrogen) atoms. The first-order chi connectivity index (χ1) is 4.75. The first kappa shape index (κ1) is 7.28. The molecule has 1 unspecified atom stereocenters. The highest BCUT2D eigenvalue weighted by molar-refractivity contribution is 5.02. The third-order valence-corrected chi connectivity index (χ3v) is 1.48. The quantitative estimate of drug-likeness (QED) is 0.664. The van der Waals surface area contributed by atoms with E-state index in [1.165, 1.54) is 0 Å². The molecule has 1 aromatic rings. The van der Waals surface area contributed by atoms with Gasteiger partial charge in [-0.3, -0.25) is 4.68 Å². The Hall–Kier alpha value is -0.830. The maximum atomic E-state index is 9.16. The van der Waals surface area contributed by atoms with E-state index in [1.54, 1.807) is 17.8 Å². The Kier molecular flexibility index (Phi) is 2.06. The molecule has 0 aliphatic carbocycles. The summed E-state index contributed by atoms with van der Waals surface area (Å²) >= 11 is 0. The molecule has 0 radical (unpaired) electrons. The zero-order chi connectivity index (χ0) is 7.56. The zero-order valence-electron chi connectivity index (χ0n) is 6.28. The van der Waals surface area contributed by atoms with E-state index in [0.717, 1.165) is 12.2 Å². The van der Waals surface area contributed by atoms with E-state index in [4.69, 9.17) is 5.11 Å². The van der Waals surface area contributed by atoms with Crippen LogP contribution in [0.5, 0.6) is 0 Å². The third-order valence-electron chi connectivity index (χ3n) is 1.48. The van der Waals surface area contributed by atoms with Crippen molar-refractivity contribution in [3.63, 3.8) is 0 Å². The van der Waals surface area contributed by atoms with E-state index < -0.39 is 6.10 Å². The SMILES string of the molecule is CCn1nccc1C(C)O. The summed E-state index contributed by atoms with van der Waals surface area (Å²) < 4.78 is 1.78. The molecule has 3 heteroatoms. The Morgan fingerprint density at radius 3 is 2.90 bits per heavy atom. The van der Waals surface area contributed by atoms with Crippen LogP contribution in [-0.4, -0.2) is 14.9 Å². The molecule has 0 spiro atoms. The van der Waals surface area contributed by atoms with Gasteiger partial charge >= 0.3 is 0 Å². The van der Waals surface area contributed by atoms with Crippen LogP contribution in [0, 0.1) is 0 Å². The molecular weight excluding hydrogens is 128 g/mol. The van der Waals surface area contributed by atoms with Crippen LogP contribution in [0.3, 0.4) is 0 Å². The lowest BCUT2D eigenvalue weighted by atomic mass is 10.3. The molecule has 56 valence electrons. The zero-order valence-corrected chi connectivity index (χ0v) is 6.28. The number of aromatic nitrogens is 2. The topological polar surface area (TPSA) is 38.0 Å². The summed E-state index contributed by atoms with van der Waals surface area (Å²) in [5, 5.41) is 13.2. The van der Waals surface area contributed by atoms with Crippen molar-refractivity contribution in [3.8, 4) is 0 Å². The molecule has 0 amide bonds. The summed E-state index contributed by atoms with van der Waals surface area (Å²) in [4.78, 5) is 0. The minimum atomic E-state index is -0.414. The molecule has 1 heterocycles. The second-order valence-corrected chi connectivity index (χ2v) is 2.25. The van der Waals surface area contributed by atoms with Gasteiger partial charge in [0.25, 0.3) is 0 Å². The Bertz CT molecular complexity index is 205. The lowest BCUT2D eigenvalue weighted by molar-refractivity contribution is 0.187. The normalized spacial score (nSPS) is 13.5. The van der Waals surface area contributed by atoms with Crippen molar-refractivity contribution >= 4 is 0 Å². The van der Waals surface area contributed by atoms with E-state index in [2.05, 4.69) is 5.10 Å². The predicted molar refractivity (Wildman–Crippen MR) is 38.5 cm³/mol. The van der Waals surface area contributed by atoms with Crippen molar-refractivity contribution < 1.29 is 5.11 Å². The molecule has 0 fully saturated rings. The van der Waals surface area contributed by atoms with Crippen LogP contribution in [0.1, 0.15) is 25.6 Å². The van der Waals surface area contributed by atoms with Gasteiger partial charge in [-0.1, -0.05) is 0 Å². The maximum Gasteiger partial charge on any atom is 0.0928 e. The Morgan fingerprint density at radius 2 is 2.50 bits per heavy atom. The van der Waals surface area contributed by atoms with Crippen molar-refractivity contribution in [1.29, 1.82) is 0 Å². The van der Waals surface area contributed by atoms with E-state index >= 15 is 0 Å². The van der Waals surface area contributed by atoms with Gasteiger partial charge in [0.15, 0.2) is 0 Å². The van der Waals surface area contributed by atoms with Crippen molar-refractivity contribution in [1.82, 2.24) is 9.78 Å². The second kappa shape index (κ2) is 2.84. The van der Waals surface area contributed by atoms with Gasteiger partial charge in [-0.05, 0) is 19.9 Å². The van der Waals surface area contributed by atoms with Gasteiger partial charge in [0.2, 0.25) is 0 Å². The highest BCUT2D eigenvalue weighted by Crippen LogP contribution is 2.09. The monoisotopic (exact) mass is 140 g/mol. The summed E-state index contributed by atoms with van der Waals surface area (Å²) in [5.41, 5.74) is 0.877. The van der Waals surface area contributed by atoms with Crippen LogP contribution in [0.25, 0.3) is 0 Å². The molecule has 0 aliphatic rings. The number of rotatable bonds is 2. The number of aliphatic hydroxyl groups excluding tert-OH is 1. The van der Waals surface area contributed by atoms with E-state index in [0.29, 0.717) is 0 Å². The fourth-order valence-electron chi connectivity index (χ4n) is 0.962. The van der Waals surface area contributed by atoms with Gasteiger partial charge in [-0.2, -0.15) is 5.10 Å². The summed E-state index contributed by atoms with van der Waals surface area (Å²) in [6.45, 7) is 4.55. The molecule has 1 aromatic heterocycles. The summed E-state index contributed by atoms with van der Waals surface area (Å²) in [5.74, 6) is 0. The van der Waals surface area contributed by atoms with Crippen molar-refractivity contribution in [2.24, 2.45) is 0 Å². The molecule has 1 atom stereocenters. The lowest BCUT2D eigenvalue weighted by Gasteiger charge is -2.05. The Balaban J connectivity index is 2.90. The largest absolute Gasteiger partial charge is 0.387 e. The van der Waals surface area contributed by atoms with Gasteiger partial charge in [-0.25, -0.2) is 0 Å². The number of aliphatic hydroxyl groups is 1. The average Bonchev–Trinajstić information content (AvgIpc) is 2.33. The molecule has 1 rings (SSSR count). The van der Waals surface area contributed by atoms with Crippen LogP contribution in [0.4, 0.5) is 0 Å². The first-order valence-corrected chi connectivity index (χ1v) is 3.45. The van der Waals surface area contributed by atoms with Crippen molar-refractivity contribution in [2.75, 3.05) is 0 Å². The molecule has 0 saturated heterocycles. The highest BCUT2D eigenvalue weighted by Gasteiger charge is 2.04. The molecule has 1 N–H and O–H groups in total. The number of hydrogen-bond donors (Lipinski definition) is 1. The Morgan fingerprint density at radius 1 is 1.80 bits per heavy atom. The number of nitrogens with zero attached hydrogens (tertiary/aromatic N) is 2. The summed E-state index contributed by atoms with van der Waals surface area (Å²) in [7, 11) is 0. The summed E-state index contributed by atoms with van der Waals surface area (Å²) in [6.07, 6.45) is 1.29. The van der Waals surface area contributed by atoms with Crippen molar-refractivity contribution in [3.05, 3.63) is 18.0 Å². The van der Waals surface area contributed by atoms with Crippen LogP contribution >= 0.6 is 0 Å². The van der Waals surface area contributed by atoms with E-state index in [9.17, 15) is 0 Å². The summed E-state index contributed by atoms with van der Waals surface area (Å²) in [6, 6.07) is 1.83. The molecular formula is C7H12N2O. The maximum absolute atomic E-state index is 9.16. The fraction of sp³-hybridized carbons (Fsp3) is 0.571. The van der Waals surface area contributed by atoms with Crippen LogP contribution < -0.4 is 0 Å². The third kappa shape index (κ3) is 1.19. The smallest absolute Gasteiger partial charge is 0.0928 e. The van der Waals surface area contributed by atoms with E-state index in [-0.39, 0.29) is 0 Å². The van der Waals surface area contributed by atoms with E-state index in [1.807, 2.05) is 13.0 Å². The first-order valence-electron chi connectivity index (χ1n) is 3.45. The lowest BCUT2D eigenvalue weighted by Crippen LogP contribution is -2.04. The van der Waals surface area contributed by atoms with Crippen LogP contribution in [0.15, 0.2) is 12.3 Å². The number of hydrogen-bond acceptors (Lipinski definition) is 2. The van der Waals surface area contributed by atoms with Gasteiger partial charge < -0.3 is 5.11 Å². The van der Waals surface area contributed by atoms with Crippen LogP contribution in [-0.2, 0) is 6.54 Å².